The van der Waals surface area contributed by atoms with E-state index in [2.05, 4.69) is 56.4 Å². The molecular weight excluding hydrogens is 894 g/mol. The fourth-order valence-corrected chi connectivity index (χ4v) is 8.80. The van der Waals surface area contributed by atoms with Gasteiger partial charge in [0.2, 0.25) is 11.9 Å². The van der Waals surface area contributed by atoms with Crippen LogP contribution in [0.25, 0.3) is 50.1 Å². The van der Waals surface area contributed by atoms with Crippen molar-refractivity contribution in [3.8, 4) is 5.69 Å². The van der Waals surface area contributed by atoms with Gasteiger partial charge in [-0.1, -0.05) is 12.1 Å². The van der Waals surface area contributed by atoms with Crippen LogP contribution in [0.15, 0.2) is 64.0 Å². The van der Waals surface area contributed by atoms with Gasteiger partial charge >= 0.3 is 6.18 Å². The van der Waals surface area contributed by atoms with Crippen LogP contribution in [0.2, 0.25) is 0 Å². The van der Waals surface area contributed by atoms with E-state index < -0.39 is 17.8 Å². The molecule has 18 nitrogen and oxygen atoms in total. The Morgan fingerprint density at radius 1 is 0.806 bits per heavy atom. The number of para-hydroxylation sites is 2. The van der Waals surface area contributed by atoms with E-state index in [0.29, 0.717) is 116 Å². The van der Waals surface area contributed by atoms with Crippen molar-refractivity contribution < 1.29 is 22.6 Å². The number of rotatable bonds is 10. The summed E-state index contributed by atoms with van der Waals surface area (Å²) < 4.78 is 54.8. The molecule has 0 amide bonds. The molecule has 7 aromatic heterocycles. The number of anilines is 4. The summed E-state index contributed by atoms with van der Waals surface area (Å²) in [6, 6.07) is 11.9. The minimum absolute atomic E-state index is 0.115. The van der Waals surface area contributed by atoms with Crippen molar-refractivity contribution in [2.24, 2.45) is 0 Å². The van der Waals surface area contributed by atoms with E-state index in [4.69, 9.17) is 39.4 Å². The Labute approximate surface area is 360 Å². The molecule has 11 rings (SSSR count). The van der Waals surface area contributed by atoms with E-state index >= 15 is 0 Å². The number of nitrogens with one attached hydrogen (secondary N) is 5. The third-order valence-electron chi connectivity index (χ3n) is 10.7. The van der Waals surface area contributed by atoms with E-state index in [0.717, 1.165) is 34.7 Å². The number of alkyl halides is 3. The maximum atomic E-state index is 13.6. The summed E-state index contributed by atoms with van der Waals surface area (Å²) in [5, 5.41) is 10.8. The highest BCUT2D eigenvalue weighted by molar-refractivity contribution is 9.10. The number of aromatic nitrogens is 12. The van der Waals surface area contributed by atoms with Crippen molar-refractivity contribution in [2.75, 3.05) is 66.4 Å². The van der Waals surface area contributed by atoms with Crippen LogP contribution in [0.4, 0.5) is 36.7 Å². The Morgan fingerprint density at radius 2 is 1.58 bits per heavy atom. The fraction of sp³-hybridized carbons (Fsp3) is 0.282. The maximum Gasteiger partial charge on any atom is 0.416 e. The number of fused-ring (bicyclic) bond motifs is 4. The molecule has 2 aliphatic heterocycles. The van der Waals surface area contributed by atoms with E-state index in [9.17, 15) is 13.2 Å². The zero-order valence-electron chi connectivity index (χ0n) is 32.4. The lowest BCUT2D eigenvalue weighted by atomic mass is 10.2. The predicted molar refractivity (Wildman–Crippen MR) is 230 cm³/mol. The third kappa shape index (κ3) is 7.28. The van der Waals surface area contributed by atoms with Crippen molar-refractivity contribution in [2.45, 2.75) is 25.4 Å². The zero-order valence-corrected chi connectivity index (χ0v) is 34.8. The minimum Gasteiger partial charge on any atom is -0.378 e. The molecule has 0 bridgehead atoms. The molecule has 1 unspecified atom stereocenters. The van der Waals surface area contributed by atoms with Gasteiger partial charge in [-0.05, 0) is 51.6 Å². The minimum atomic E-state index is -4.51. The first-order chi connectivity index (χ1) is 30.2. The number of aromatic amines is 3. The van der Waals surface area contributed by atoms with Crippen LogP contribution in [0, 0.1) is 0 Å². The molecule has 2 saturated heterocycles. The molecule has 9 heterocycles. The molecule has 2 fully saturated rings. The lowest BCUT2D eigenvalue weighted by Crippen LogP contribution is -2.39. The molecule has 9 aromatic rings. The Balaban J connectivity index is 0.902. The van der Waals surface area contributed by atoms with Crippen LogP contribution in [0.3, 0.4) is 0 Å². The van der Waals surface area contributed by atoms with E-state index in [1.54, 1.807) is 17.7 Å². The predicted octanol–water partition coefficient (Wildman–Crippen LogP) is 6.72. The lowest BCUT2D eigenvalue weighted by molar-refractivity contribution is -0.137. The largest absolute Gasteiger partial charge is 0.416 e. The van der Waals surface area contributed by atoms with E-state index in [1.807, 2.05) is 50.6 Å². The first-order valence-electron chi connectivity index (χ1n) is 19.6. The molecule has 0 aliphatic carbocycles. The third-order valence-corrected chi connectivity index (χ3v) is 12.0. The maximum absolute atomic E-state index is 13.6. The first-order valence-corrected chi connectivity index (χ1v) is 21.3. The SMILES string of the molecule is FC(F)(F)c1cc(Br)c2nc(CNc3nc(N4CCOC(c5nc6nc(N7CCOCC7)nc(NCc7nc8ccccc8[nH]7)c6[nH]5)C4)nc4c3ncn4-c3ccsc3)[nH]c2c1. The van der Waals surface area contributed by atoms with Crippen LogP contribution in [0.5, 0.6) is 0 Å². The Morgan fingerprint density at radius 3 is 2.40 bits per heavy atom. The van der Waals surface area contributed by atoms with Gasteiger partial charge in [-0.25, -0.2) is 19.9 Å². The number of imidazole rings is 4. The van der Waals surface area contributed by atoms with Gasteiger partial charge in [-0.3, -0.25) is 4.57 Å². The quantitative estimate of drug-likeness (QED) is 0.0967. The molecule has 62 heavy (non-hydrogen) atoms. The number of benzene rings is 2. The number of nitrogens with zero attached hydrogens (tertiary/aromatic N) is 11. The molecule has 23 heteroatoms. The van der Waals surface area contributed by atoms with Crippen LogP contribution in [0.1, 0.15) is 29.1 Å². The summed E-state index contributed by atoms with van der Waals surface area (Å²) >= 11 is 4.80. The summed E-state index contributed by atoms with van der Waals surface area (Å²) in [6.07, 6.45) is -3.33. The number of hydrogen-bond donors (Lipinski definition) is 5. The van der Waals surface area contributed by atoms with Crippen molar-refractivity contribution in [3.63, 3.8) is 0 Å². The number of halogens is 4. The van der Waals surface area contributed by atoms with Gasteiger partial charge in [-0.15, -0.1) is 0 Å². The van der Waals surface area contributed by atoms with Gasteiger partial charge < -0.3 is 44.9 Å². The Hall–Kier alpha value is -6.43. The molecular formula is C39H34BrF3N16O2S. The van der Waals surface area contributed by atoms with E-state index in [-0.39, 0.29) is 16.5 Å². The molecule has 2 aromatic carbocycles. The van der Waals surface area contributed by atoms with Gasteiger partial charge in [0.05, 0.1) is 67.3 Å². The second-order valence-electron chi connectivity index (χ2n) is 14.7. The standard InChI is InChI=1S/C39H34BrF3N16O2S/c40-22-13-20(39(41,42)43)14-25-29(22)50-28(49-25)16-45-34-31-36(59(19-46-31)21-5-12-62-18-21)56-38(54-34)58-8-11-61-26(17-58)32-51-30-33(44-15-27-47-23-3-1-2-4-24(23)48-27)53-37(55-35(30)52-32)57-6-9-60-10-7-57/h1-5,12-14,18-19,26H,6-11,15-17H2,(H,47,48)(H,49,50)(H,45,54,56)(H2,44,51,52,53,55). The number of H-pyrrole nitrogens is 3. The van der Waals surface area contributed by atoms with Crippen LogP contribution in [-0.2, 0) is 28.7 Å². The van der Waals surface area contributed by atoms with Crippen molar-refractivity contribution in [3.05, 3.63) is 87.1 Å². The summed E-state index contributed by atoms with van der Waals surface area (Å²) in [6.45, 7) is 4.14. The van der Waals surface area contributed by atoms with Crippen LogP contribution >= 0.6 is 27.3 Å². The highest BCUT2D eigenvalue weighted by atomic mass is 79.9. The molecule has 316 valence electrons. The van der Waals surface area contributed by atoms with Gasteiger partial charge in [0.25, 0.3) is 0 Å². The summed E-state index contributed by atoms with van der Waals surface area (Å²) in [4.78, 5) is 52.7. The van der Waals surface area contributed by atoms with Crippen molar-refractivity contribution in [1.29, 1.82) is 0 Å². The molecule has 5 N–H and O–H groups in total. The topological polar surface area (TPSA) is 204 Å². The van der Waals surface area contributed by atoms with Gasteiger partial charge in [0.1, 0.15) is 40.9 Å². The second kappa shape index (κ2) is 15.5. The summed E-state index contributed by atoms with van der Waals surface area (Å²) in [5.74, 6) is 3.70. The molecule has 0 spiro atoms. The molecule has 2 aliphatic rings. The van der Waals surface area contributed by atoms with E-state index in [1.165, 1.54) is 0 Å². The highest BCUT2D eigenvalue weighted by Gasteiger charge is 2.32. The molecule has 0 radical (unpaired) electrons. The Bertz CT molecular complexity index is 3050. The first kappa shape index (κ1) is 38.5. The summed E-state index contributed by atoms with van der Waals surface area (Å²) in [5.41, 5.74) is 4.75. The molecule has 0 saturated carbocycles. The fourth-order valence-electron chi connectivity index (χ4n) is 7.62. The van der Waals surface area contributed by atoms with Gasteiger partial charge in [0, 0.05) is 29.5 Å². The highest BCUT2D eigenvalue weighted by Crippen LogP contribution is 2.35. The van der Waals surface area contributed by atoms with Crippen molar-refractivity contribution in [1.82, 2.24) is 59.4 Å². The van der Waals surface area contributed by atoms with Crippen molar-refractivity contribution >= 4 is 95.2 Å². The lowest BCUT2D eigenvalue weighted by Gasteiger charge is -2.32. The Kier molecular flexibility index (Phi) is 9.61. The monoisotopic (exact) mass is 926 g/mol. The normalized spacial score (nSPS) is 16.4. The average Bonchev–Trinajstić information content (AvgIpc) is 4.14. The second-order valence-corrected chi connectivity index (χ2v) is 16.3. The van der Waals surface area contributed by atoms with Gasteiger partial charge in [-0.2, -0.15) is 44.4 Å². The van der Waals surface area contributed by atoms with Crippen LogP contribution in [-0.4, -0.2) is 105 Å². The summed E-state index contributed by atoms with van der Waals surface area (Å²) in [7, 11) is 0. The average molecular weight is 928 g/mol. The number of hydrogen-bond acceptors (Lipinski definition) is 15. The number of ether oxygens (including phenoxy) is 2. The van der Waals surface area contributed by atoms with Crippen LogP contribution < -0.4 is 20.4 Å². The number of thiophene rings is 1. The smallest absolute Gasteiger partial charge is 0.378 e. The van der Waals surface area contributed by atoms with Gasteiger partial charge in [0.15, 0.2) is 28.4 Å². The molecule has 1 atom stereocenters. The zero-order chi connectivity index (χ0) is 42.0. The number of morpholine rings is 2.